The van der Waals surface area contributed by atoms with Gasteiger partial charge in [0.1, 0.15) is 5.82 Å². The zero-order valence-electron chi connectivity index (χ0n) is 20.5. The van der Waals surface area contributed by atoms with Crippen molar-refractivity contribution in [3.8, 4) is 23.0 Å². The highest BCUT2D eigenvalue weighted by Crippen LogP contribution is 2.42. The summed E-state index contributed by atoms with van der Waals surface area (Å²) < 4.78 is 35.2. The fraction of sp³-hybridized carbons (Fsp3) is 0.286. The molecule has 0 radical (unpaired) electrons. The Hall–Kier alpha value is -4.27. The largest absolute Gasteiger partial charge is 0.493 e. The summed E-state index contributed by atoms with van der Waals surface area (Å²) in [6.45, 7) is 0.886. The number of nitrogens with one attached hydrogen (secondary N) is 1. The number of likely N-dealkylation sites (tertiary alicyclic amines) is 1. The lowest BCUT2D eigenvalue weighted by atomic mass is 9.87. The highest BCUT2D eigenvalue weighted by atomic mass is 19.1. The fourth-order valence-electron chi connectivity index (χ4n) is 4.89. The van der Waals surface area contributed by atoms with Crippen molar-refractivity contribution in [2.45, 2.75) is 12.5 Å². The summed E-state index contributed by atoms with van der Waals surface area (Å²) in [6.07, 6.45) is 0. The van der Waals surface area contributed by atoms with Crippen LogP contribution < -0.4 is 24.3 Å². The van der Waals surface area contributed by atoms with Crippen LogP contribution in [0.2, 0.25) is 0 Å². The molecule has 9 heteroatoms. The maximum atomic E-state index is 13.5. The molecule has 0 unspecified atom stereocenters. The summed E-state index contributed by atoms with van der Waals surface area (Å²) in [6, 6.07) is 16.5. The molecule has 37 heavy (non-hydrogen) atoms. The number of benzene rings is 3. The maximum Gasteiger partial charge on any atom is 0.254 e. The van der Waals surface area contributed by atoms with Gasteiger partial charge in [0.15, 0.2) is 23.0 Å². The van der Waals surface area contributed by atoms with Gasteiger partial charge in [-0.2, -0.15) is 0 Å². The highest BCUT2D eigenvalue weighted by Gasteiger charge is 2.42. The quantitative estimate of drug-likeness (QED) is 0.526. The summed E-state index contributed by atoms with van der Waals surface area (Å²) in [4.78, 5) is 28.6. The molecule has 2 aliphatic heterocycles. The van der Waals surface area contributed by atoms with Crippen LogP contribution in [0.4, 0.5) is 4.39 Å². The molecular weight excluding hydrogens is 479 g/mol. The number of para-hydroxylation sites is 1. The Morgan fingerprint density at radius 3 is 2.54 bits per heavy atom. The van der Waals surface area contributed by atoms with Gasteiger partial charge in [-0.15, -0.1) is 0 Å². The number of hydrogen-bond acceptors (Lipinski definition) is 6. The number of halogens is 1. The lowest BCUT2D eigenvalue weighted by Gasteiger charge is -2.21. The standard InChI is InChI=1S/C28H27FN2O6/c1-34-24-5-3-4-20(26(24)35-2)21-14-31(28(33)18-8-11-23-25(12-18)37-16-36-23)15-22(21)27(32)30-13-17-6-9-19(29)10-7-17/h3-12,21-22H,13-16H2,1-2H3,(H,30,32)/t21-,22-/m1/s1. The Bertz CT molecular complexity index is 1310. The molecule has 2 aliphatic rings. The molecule has 0 aliphatic carbocycles. The van der Waals surface area contributed by atoms with Crippen molar-refractivity contribution in [3.05, 3.63) is 83.2 Å². The third-order valence-electron chi connectivity index (χ3n) is 6.78. The summed E-state index contributed by atoms with van der Waals surface area (Å²) in [5.41, 5.74) is 2.01. The monoisotopic (exact) mass is 506 g/mol. The van der Waals surface area contributed by atoms with Gasteiger partial charge in [-0.25, -0.2) is 4.39 Å². The van der Waals surface area contributed by atoms with Crippen LogP contribution in [0.15, 0.2) is 60.7 Å². The molecule has 1 fully saturated rings. The van der Waals surface area contributed by atoms with Crippen LogP contribution >= 0.6 is 0 Å². The number of carbonyl (C=O) groups excluding carboxylic acids is 2. The van der Waals surface area contributed by atoms with Gasteiger partial charge in [-0.05, 0) is 42.0 Å². The van der Waals surface area contributed by atoms with Crippen LogP contribution in [0, 0.1) is 11.7 Å². The van der Waals surface area contributed by atoms with E-state index >= 15 is 0 Å². The fourth-order valence-corrected chi connectivity index (χ4v) is 4.89. The molecular formula is C28H27FN2O6. The van der Waals surface area contributed by atoms with Crippen molar-refractivity contribution in [1.29, 1.82) is 0 Å². The molecule has 0 spiro atoms. The Morgan fingerprint density at radius 2 is 1.78 bits per heavy atom. The number of ether oxygens (including phenoxy) is 4. The smallest absolute Gasteiger partial charge is 0.254 e. The van der Waals surface area contributed by atoms with E-state index in [0.29, 0.717) is 35.1 Å². The Kier molecular flexibility index (Phi) is 6.85. The topological polar surface area (TPSA) is 86.3 Å². The first-order valence-electron chi connectivity index (χ1n) is 11.9. The van der Waals surface area contributed by atoms with E-state index in [4.69, 9.17) is 18.9 Å². The molecule has 5 rings (SSSR count). The van der Waals surface area contributed by atoms with E-state index in [9.17, 15) is 14.0 Å². The first kappa shape index (κ1) is 24.4. The van der Waals surface area contributed by atoms with Crippen LogP contribution in [0.5, 0.6) is 23.0 Å². The van der Waals surface area contributed by atoms with Gasteiger partial charge in [0.2, 0.25) is 12.7 Å². The summed E-state index contributed by atoms with van der Waals surface area (Å²) >= 11 is 0. The molecule has 3 aromatic carbocycles. The number of fused-ring (bicyclic) bond motifs is 1. The lowest BCUT2D eigenvalue weighted by molar-refractivity contribution is -0.125. The zero-order chi connectivity index (χ0) is 25.9. The van der Waals surface area contributed by atoms with Gasteiger partial charge in [-0.1, -0.05) is 24.3 Å². The first-order valence-corrected chi connectivity index (χ1v) is 11.9. The average Bonchev–Trinajstić information content (AvgIpc) is 3.59. The van der Waals surface area contributed by atoms with E-state index in [1.54, 1.807) is 55.5 Å². The molecule has 2 atom stereocenters. The molecule has 0 aromatic heterocycles. The van der Waals surface area contributed by atoms with Gasteiger partial charge in [0, 0.05) is 36.7 Å². The molecule has 8 nitrogen and oxygen atoms in total. The van der Waals surface area contributed by atoms with E-state index < -0.39 is 5.92 Å². The number of methoxy groups -OCH3 is 2. The molecule has 3 aromatic rings. The number of carbonyl (C=O) groups is 2. The number of rotatable bonds is 7. The van der Waals surface area contributed by atoms with Gasteiger partial charge in [0.05, 0.1) is 20.1 Å². The van der Waals surface area contributed by atoms with Crippen molar-refractivity contribution >= 4 is 11.8 Å². The zero-order valence-corrected chi connectivity index (χ0v) is 20.5. The molecule has 0 saturated carbocycles. The maximum absolute atomic E-state index is 13.5. The van der Waals surface area contributed by atoms with Crippen molar-refractivity contribution < 1.29 is 32.9 Å². The van der Waals surface area contributed by atoms with E-state index in [0.717, 1.165) is 11.1 Å². The van der Waals surface area contributed by atoms with Gasteiger partial charge in [-0.3, -0.25) is 9.59 Å². The Balaban J connectivity index is 1.42. The van der Waals surface area contributed by atoms with E-state index in [1.165, 1.54) is 12.1 Å². The normalized spacial score (nSPS) is 18.0. The molecule has 1 N–H and O–H groups in total. The van der Waals surface area contributed by atoms with Gasteiger partial charge >= 0.3 is 0 Å². The third-order valence-corrected chi connectivity index (χ3v) is 6.78. The Morgan fingerprint density at radius 1 is 1.00 bits per heavy atom. The van der Waals surface area contributed by atoms with Crippen molar-refractivity contribution in [2.24, 2.45) is 5.92 Å². The number of amides is 2. The molecule has 0 bridgehead atoms. The van der Waals surface area contributed by atoms with E-state index in [-0.39, 0.29) is 43.4 Å². The first-order chi connectivity index (χ1) is 18.0. The van der Waals surface area contributed by atoms with E-state index in [1.807, 2.05) is 12.1 Å². The predicted octanol–water partition coefficient (Wildman–Crippen LogP) is 3.74. The molecule has 2 amide bonds. The predicted molar refractivity (Wildman–Crippen MR) is 132 cm³/mol. The molecule has 2 heterocycles. The second kappa shape index (κ2) is 10.4. The van der Waals surface area contributed by atoms with E-state index in [2.05, 4.69) is 5.32 Å². The van der Waals surface area contributed by atoms with Crippen LogP contribution in [-0.4, -0.2) is 50.8 Å². The van der Waals surface area contributed by atoms with Crippen LogP contribution in [0.1, 0.15) is 27.4 Å². The number of hydrogen-bond donors (Lipinski definition) is 1. The SMILES string of the molecule is COc1cccc([C@H]2CN(C(=O)c3ccc4c(c3)OCO4)C[C@H]2C(=O)NCc2ccc(F)cc2)c1OC. The second-order valence-corrected chi connectivity index (χ2v) is 8.92. The third kappa shape index (κ3) is 4.89. The lowest BCUT2D eigenvalue weighted by Crippen LogP contribution is -2.35. The van der Waals surface area contributed by atoms with Crippen molar-refractivity contribution in [3.63, 3.8) is 0 Å². The highest BCUT2D eigenvalue weighted by molar-refractivity contribution is 5.96. The summed E-state index contributed by atoms with van der Waals surface area (Å²) in [7, 11) is 3.11. The van der Waals surface area contributed by atoms with Crippen molar-refractivity contribution in [1.82, 2.24) is 10.2 Å². The molecule has 192 valence electrons. The Labute approximate surface area is 213 Å². The second-order valence-electron chi connectivity index (χ2n) is 8.92. The minimum atomic E-state index is -0.542. The van der Waals surface area contributed by atoms with Gasteiger partial charge < -0.3 is 29.2 Å². The van der Waals surface area contributed by atoms with Crippen molar-refractivity contribution in [2.75, 3.05) is 34.1 Å². The summed E-state index contributed by atoms with van der Waals surface area (Å²) in [5.74, 6) is 0.554. The molecule has 1 saturated heterocycles. The summed E-state index contributed by atoms with van der Waals surface area (Å²) in [5, 5.41) is 2.95. The minimum absolute atomic E-state index is 0.116. The van der Waals surface area contributed by atoms with Gasteiger partial charge in [0.25, 0.3) is 5.91 Å². The minimum Gasteiger partial charge on any atom is -0.493 e. The number of nitrogens with zero attached hydrogens (tertiary/aromatic N) is 1. The average molecular weight is 507 g/mol. The van der Waals surface area contributed by atoms with Crippen LogP contribution in [0.25, 0.3) is 0 Å². The van der Waals surface area contributed by atoms with Crippen LogP contribution in [-0.2, 0) is 11.3 Å². The van der Waals surface area contributed by atoms with Crippen LogP contribution in [0.3, 0.4) is 0 Å².